The summed E-state index contributed by atoms with van der Waals surface area (Å²) in [7, 11) is -1.23. The number of fused-ring (bicyclic) bond motifs is 1. The monoisotopic (exact) mass is 349 g/mol. The summed E-state index contributed by atoms with van der Waals surface area (Å²) in [6.07, 6.45) is 0. The van der Waals surface area contributed by atoms with Crippen molar-refractivity contribution in [2.24, 2.45) is 0 Å². The largest absolute Gasteiger partial charge is 0.324 e. The molecular formula is C8H8BrN5O4S. The van der Waals surface area contributed by atoms with Crippen LogP contribution in [0, 0.1) is 10.1 Å². The summed E-state index contributed by atoms with van der Waals surface area (Å²) in [5.41, 5.74) is -0.363. The highest BCUT2D eigenvalue weighted by molar-refractivity contribution is 9.10. The van der Waals surface area contributed by atoms with Crippen LogP contribution in [0.15, 0.2) is 16.6 Å². The fraction of sp³-hybridized carbons (Fsp3) is 0.250. The molecule has 1 aromatic heterocycles. The van der Waals surface area contributed by atoms with Gasteiger partial charge in [0, 0.05) is 24.6 Å². The van der Waals surface area contributed by atoms with Crippen LogP contribution >= 0.6 is 15.9 Å². The average molecular weight is 350 g/mol. The average Bonchev–Trinajstić information content (AvgIpc) is 2.71. The summed E-state index contributed by atoms with van der Waals surface area (Å²) >= 11 is 3.09. The van der Waals surface area contributed by atoms with E-state index < -0.39 is 15.1 Å². The Labute approximate surface area is 116 Å². The summed E-state index contributed by atoms with van der Waals surface area (Å²) in [5, 5.41) is 18.0. The molecular weight excluding hydrogens is 342 g/mol. The molecule has 1 heterocycles. The zero-order chi connectivity index (χ0) is 14.4. The standard InChI is InChI=1S/C8H8BrN5O4S/c1-12(2)19(17,18)13-6-3-5(9)4-7(14(15)16)8(6)10-11-13/h3-4H,1-2H3. The molecule has 0 aliphatic heterocycles. The lowest BCUT2D eigenvalue weighted by Crippen LogP contribution is -2.29. The van der Waals surface area contributed by atoms with Crippen molar-refractivity contribution in [3.05, 3.63) is 26.7 Å². The van der Waals surface area contributed by atoms with Crippen LogP contribution in [0.5, 0.6) is 0 Å². The van der Waals surface area contributed by atoms with Gasteiger partial charge in [-0.1, -0.05) is 15.9 Å². The number of nitrogens with zero attached hydrogens (tertiary/aromatic N) is 5. The maximum Gasteiger partial charge on any atom is 0.324 e. The highest BCUT2D eigenvalue weighted by Crippen LogP contribution is 2.28. The number of hydrogen-bond acceptors (Lipinski definition) is 6. The highest BCUT2D eigenvalue weighted by Gasteiger charge is 2.25. The first-order chi connectivity index (χ1) is 8.75. The first-order valence-electron chi connectivity index (χ1n) is 4.87. The molecule has 19 heavy (non-hydrogen) atoms. The quantitative estimate of drug-likeness (QED) is 0.597. The highest BCUT2D eigenvalue weighted by atomic mass is 79.9. The van der Waals surface area contributed by atoms with Crippen molar-refractivity contribution in [3.8, 4) is 0 Å². The van der Waals surface area contributed by atoms with Crippen LogP contribution in [0.3, 0.4) is 0 Å². The summed E-state index contributed by atoms with van der Waals surface area (Å²) in [5.74, 6) is 0. The fourth-order valence-electron chi connectivity index (χ4n) is 1.42. The zero-order valence-electron chi connectivity index (χ0n) is 9.81. The van der Waals surface area contributed by atoms with Gasteiger partial charge >= 0.3 is 10.2 Å². The third-order valence-electron chi connectivity index (χ3n) is 2.34. The minimum absolute atomic E-state index is 0.0368. The summed E-state index contributed by atoms with van der Waals surface area (Å²) in [6, 6.07) is 2.65. The fourth-order valence-corrected chi connectivity index (χ4v) is 2.68. The van der Waals surface area contributed by atoms with Crippen molar-refractivity contribution in [2.45, 2.75) is 0 Å². The summed E-state index contributed by atoms with van der Waals surface area (Å²) in [4.78, 5) is 10.3. The second-order valence-electron chi connectivity index (χ2n) is 3.77. The first kappa shape index (κ1) is 13.8. The van der Waals surface area contributed by atoms with Gasteiger partial charge in [-0.2, -0.15) is 12.7 Å². The van der Waals surface area contributed by atoms with E-state index >= 15 is 0 Å². The number of rotatable bonds is 3. The second-order valence-corrected chi connectivity index (χ2v) is 6.66. The second kappa shape index (κ2) is 4.51. The molecule has 9 nitrogen and oxygen atoms in total. The third kappa shape index (κ3) is 2.19. The number of non-ortho nitro benzene ring substituents is 1. The normalized spacial score (nSPS) is 12.2. The van der Waals surface area contributed by atoms with E-state index in [2.05, 4.69) is 26.2 Å². The van der Waals surface area contributed by atoms with Crippen LogP contribution in [0.2, 0.25) is 0 Å². The van der Waals surface area contributed by atoms with Crippen LogP contribution in [-0.4, -0.2) is 46.1 Å². The van der Waals surface area contributed by atoms with Crippen molar-refractivity contribution in [1.82, 2.24) is 18.7 Å². The van der Waals surface area contributed by atoms with E-state index in [9.17, 15) is 18.5 Å². The van der Waals surface area contributed by atoms with E-state index in [0.29, 0.717) is 8.56 Å². The lowest BCUT2D eigenvalue weighted by atomic mass is 10.3. The molecule has 0 unspecified atom stereocenters. The summed E-state index contributed by atoms with van der Waals surface area (Å²) < 4.78 is 26.0. The molecule has 0 saturated heterocycles. The molecule has 2 rings (SSSR count). The van der Waals surface area contributed by atoms with Crippen LogP contribution in [0.25, 0.3) is 11.0 Å². The molecule has 102 valence electrons. The Hall–Kier alpha value is -1.59. The molecule has 0 atom stereocenters. The molecule has 0 bridgehead atoms. The Kier molecular flexibility index (Phi) is 3.28. The van der Waals surface area contributed by atoms with Gasteiger partial charge in [0.15, 0.2) is 5.52 Å². The Morgan fingerprint density at radius 3 is 2.58 bits per heavy atom. The van der Waals surface area contributed by atoms with Gasteiger partial charge in [0.05, 0.1) is 4.92 Å². The number of benzene rings is 1. The van der Waals surface area contributed by atoms with Gasteiger partial charge in [-0.15, -0.1) is 9.19 Å². The van der Waals surface area contributed by atoms with Crippen molar-refractivity contribution < 1.29 is 13.3 Å². The van der Waals surface area contributed by atoms with E-state index in [1.54, 1.807) is 0 Å². The van der Waals surface area contributed by atoms with Gasteiger partial charge in [0.25, 0.3) is 5.69 Å². The number of halogens is 1. The number of nitro groups is 1. The van der Waals surface area contributed by atoms with E-state index in [1.165, 1.54) is 26.2 Å². The molecule has 0 aliphatic carbocycles. The Morgan fingerprint density at radius 2 is 2.05 bits per heavy atom. The maximum absolute atomic E-state index is 12.0. The first-order valence-corrected chi connectivity index (χ1v) is 7.06. The van der Waals surface area contributed by atoms with Gasteiger partial charge in [-0.3, -0.25) is 10.1 Å². The molecule has 0 aliphatic rings. The van der Waals surface area contributed by atoms with E-state index in [-0.39, 0.29) is 16.7 Å². The lowest BCUT2D eigenvalue weighted by molar-refractivity contribution is -0.383. The maximum atomic E-state index is 12.0. The molecule has 0 spiro atoms. The van der Waals surface area contributed by atoms with Crippen LogP contribution in [0.4, 0.5) is 5.69 Å². The topological polar surface area (TPSA) is 111 Å². The van der Waals surface area contributed by atoms with Gasteiger partial charge in [0.1, 0.15) is 5.52 Å². The van der Waals surface area contributed by atoms with E-state index in [4.69, 9.17) is 0 Å². The SMILES string of the molecule is CN(C)S(=O)(=O)n1nnc2c([N+](=O)[O-])cc(Br)cc21. The van der Waals surface area contributed by atoms with Gasteiger partial charge in [0.2, 0.25) is 0 Å². The Balaban J connectivity index is 2.85. The van der Waals surface area contributed by atoms with E-state index in [0.717, 1.165) is 4.31 Å². The number of aromatic nitrogens is 3. The van der Waals surface area contributed by atoms with Crippen molar-refractivity contribution in [3.63, 3.8) is 0 Å². The Bertz CT molecular complexity index is 769. The lowest BCUT2D eigenvalue weighted by Gasteiger charge is -2.10. The molecule has 2 aromatic rings. The van der Waals surface area contributed by atoms with Crippen molar-refractivity contribution >= 4 is 42.9 Å². The molecule has 0 fully saturated rings. The molecule has 0 N–H and O–H groups in total. The van der Waals surface area contributed by atoms with Crippen LogP contribution < -0.4 is 0 Å². The third-order valence-corrected chi connectivity index (χ3v) is 4.43. The minimum Gasteiger partial charge on any atom is -0.258 e. The van der Waals surface area contributed by atoms with Gasteiger partial charge in [-0.05, 0) is 11.3 Å². The van der Waals surface area contributed by atoms with Crippen LogP contribution in [0.1, 0.15) is 0 Å². The Morgan fingerprint density at radius 1 is 1.42 bits per heavy atom. The van der Waals surface area contributed by atoms with E-state index in [1.807, 2.05) is 0 Å². The number of hydrogen-bond donors (Lipinski definition) is 0. The minimum atomic E-state index is -3.89. The smallest absolute Gasteiger partial charge is 0.258 e. The predicted octanol–water partition coefficient (Wildman–Crippen LogP) is 0.757. The molecule has 11 heteroatoms. The molecule has 1 aromatic carbocycles. The molecule has 0 amide bonds. The van der Waals surface area contributed by atoms with Gasteiger partial charge in [-0.25, -0.2) is 0 Å². The van der Waals surface area contributed by atoms with Crippen molar-refractivity contribution in [1.29, 1.82) is 0 Å². The molecule has 0 radical (unpaired) electrons. The molecule has 0 saturated carbocycles. The predicted molar refractivity (Wildman–Crippen MR) is 69.9 cm³/mol. The van der Waals surface area contributed by atoms with Gasteiger partial charge < -0.3 is 0 Å². The zero-order valence-corrected chi connectivity index (χ0v) is 12.2. The number of nitro benzene ring substituents is 1. The van der Waals surface area contributed by atoms with Crippen LogP contribution in [-0.2, 0) is 10.2 Å². The summed E-state index contributed by atoms with van der Waals surface area (Å²) in [6.45, 7) is 0. The van der Waals surface area contributed by atoms with Crippen molar-refractivity contribution in [2.75, 3.05) is 14.1 Å².